The molecule has 0 aliphatic heterocycles. The van der Waals surface area contributed by atoms with Gasteiger partial charge in [0.1, 0.15) is 0 Å². The number of thioether (sulfide) groups is 1. The molecule has 0 radical (unpaired) electrons. The van der Waals surface area contributed by atoms with Gasteiger partial charge in [0.05, 0.1) is 5.75 Å². The first-order valence-electron chi connectivity index (χ1n) is 10.6. The summed E-state index contributed by atoms with van der Waals surface area (Å²) in [7, 11) is 0. The zero-order valence-electron chi connectivity index (χ0n) is 18.2. The van der Waals surface area contributed by atoms with Crippen molar-refractivity contribution in [2.24, 2.45) is 0 Å². The summed E-state index contributed by atoms with van der Waals surface area (Å²) in [5.41, 5.74) is 5.16. The third-order valence-electron chi connectivity index (χ3n) is 5.15. The van der Waals surface area contributed by atoms with Crippen molar-refractivity contribution < 1.29 is 4.79 Å². The Morgan fingerprint density at radius 1 is 0.875 bits per heavy atom. The Bertz CT molecular complexity index is 1170. The average molecular weight is 444 g/mol. The van der Waals surface area contributed by atoms with E-state index < -0.39 is 0 Å². The first kappa shape index (κ1) is 21.8. The van der Waals surface area contributed by atoms with Gasteiger partial charge in [-0.3, -0.25) is 14.3 Å². The lowest BCUT2D eigenvalue weighted by atomic mass is 10.1. The molecule has 0 saturated carbocycles. The molecule has 32 heavy (non-hydrogen) atoms. The minimum atomic E-state index is -0.0828. The van der Waals surface area contributed by atoms with E-state index in [4.69, 9.17) is 0 Å². The standard InChI is InChI=1S/C25H25N5OS/c1-3-18-5-9-21(10-6-18)27-23(31)17-32-25-29-28-24(20-13-15-26-16-14-20)30(25)22-11-7-19(4-2)8-12-22/h5-16H,3-4,17H2,1-2H3,(H,27,31). The van der Waals surface area contributed by atoms with Crippen LogP contribution in [0.4, 0.5) is 5.69 Å². The van der Waals surface area contributed by atoms with E-state index in [9.17, 15) is 4.79 Å². The summed E-state index contributed by atoms with van der Waals surface area (Å²) in [6.07, 6.45) is 5.41. The van der Waals surface area contributed by atoms with Gasteiger partial charge in [-0.2, -0.15) is 0 Å². The fraction of sp³-hybridized carbons (Fsp3) is 0.200. The highest BCUT2D eigenvalue weighted by molar-refractivity contribution is 7.99. The highest BCUT2D eigenvalue weighted by Crippen LogP contribution is 2.28. The van der Waals surface area contributed by atoms with E-state index >= 15 is 0 Å². The van der Waals surface area contributed by atoms with Gasteiger partial charge in [-0.05, 0) is 60.4 Å². The second kappa shape index (κ2) is 10.2. The van der Waals surface area contributed by atoms with E-state index in [-0.39, 0.29) is 11.7 Å². The molecule has 0 aliphatic rings. The lowest BCUT2D eigenvalue weighted by Crippen LogP contribution is -2.14. The fourth-order valence-corrected chi connectivity index (χ4v) is 4.07. The number of nitrogens with zero attached hydrogens (tertiary/aromatic N) is 4. The number of hydrogen-bond donors (Lipinski definition) is 1. The lowest BCUT2D eigenvalue weighted by molar-refractivity contribution is -0.113. The zero-order valence-corrected chi connectivity index (χ0v) is 19.0. The molecule has 0 fully saturated rings. The van der Waals surface area contributed by atoms with Crippen LogP contribution in [0.25, 0.3) is 17.1 Å². The molecule has 162 valence electrons. The van der Waals surface area contributed by atoms with E-state index in [0.717, 1.165) is 35.6 Å². The Morgan fingerprint density at radius 2 is 1.50 bits per heavy atom. The molecule has 0 unspecified atom stereocenters. The predicted octanol–water partition coefficient (Wildman–Crippen LogP) is 5.18. The Balaban J connectivity index is 1.56. The third kappa shape index (κ3) is 5.06. The van der Waals surface area contributed by atoms with Gasteiger partial charge in [0, 0.05) is 29.3 Å². The molecule has 6 nitrogen and oxygen atoms in total. The lowest BCUT2D eigenvalue weighted by Gasteiger charge is -2.11. The van der Waals surface area contributed by atoms with E-state index in [0.29, 0.717) is 5.16 Å². The summed E-state index contributed by atoms with van der Waals surface area (Å²) in [5.74, 6) is 0.868. The molecule has 4 aromatic rings. The molecule has 4 rings (SSSR count). The van der Waals surface area contributed by atoms with Crippen LogP contribution >= 0.6 is 11.8 Å². The summed E-state index contributed by atoms with van der Waals surface area (Å²) in [6, 6.07) is 20.1. The van der Waals surface area contributed by atoms with Crippen molar-refractivity contribution in [3.63, 3.8) is 0 Å². The molecule has 0 bridgehead atoms. The van der Waals surface area contributed by atoms with Gasteiger partial charge in [-0.15, -0.1) is 10.2 Å². The number of nitrogens with one attached hydrogen (secondary N) is 1. The Kier molecular flexibility index (Phi) is 6.97. The summed E-state index contributed by atoms with van der Waals surface area (Å²) >= 11 is 1.36. The Morgan fingerprint density at radius 3 is 2.12 bits per heavy atom. The van der Waals surface area contributed by atoms with Crippen LogP contribution in [0.2, 0.25) is 0 Å². The molecule has 1 amide bonds. The number of pyridine rings is 1. The van der Waals surface area contributed by atoms with Gasteiger partial charge in [0.25, 0.3) is 0 Å². The van der Waals surface area contributed by atoms with E-state index in [1.54, 1.807) is 12.4 Å². The van der Waals surface area contributed by atoms with Crippen molar-refractivity contribution in [2.45, 2.75) is 31.8 Å². The molecule has 0 spiro atoms. The van der Waals surface area contributed by atoms with Gasteiger partial charge in [0.2, 0.25) is 5.91 Å². The molecular formula is C25H25N5OS. The quantitative estimate of drug-likeness (QED) is 0.380. The SMILES string of the molecule is CCc1ccc(NC(=O)CSc2nnc(-c3ccncc3)n2-c2ccc(CC)cc2)cc1. The van der Waals surface area contributed by atoms with Crippen molar-refractivity contribution in [1.82, 2.24) is 19.7 Å². The van der Waals surface area contributed by atoms with Gasteiger partial charge in [-0.25, -0.2) is 0 Å². The monoisotopic (exact) mass is 443 g/mol. The number of anilines is 1. The summed E-state index contributed by atoms with van der Waals surface area (Å²) in [6.45, 7) is 4.24. The van der Waals surface area contributed by atoms with Crippen LogP contribution in [-0.2, 0) is 17.6 Å². The second-order valence-corrected chi connectivity index (χ2v) is 8.23. The van der Waals surface area contributed by atoms with Crippen molar-refractivity contribution >= 4 is 23.4 Å². The highest BCUT2D eigenvalue weighted by atomic mass is 32.2. The van der Waals surface area contributed by atoms with Crippen LogP contribution in [0.3, 0.4) is 0 Å². The number of aryl methyl sites for hydroxylation is 2. The molecule has 0 atom stereocenters. The van der Waals surface area contributed by atoms with Crippen LogP contribution in [0.15, 0.2) is 78.2 Å². The second-order valence-electron chi connectivity index (χ2n) is 7.28. The number of carbonyl (C=O) groups excluding carboxylic acids is 1. The number of aromatic nitrogens is 4. The van der Waals surface area contributed by atoms with Crippen molar-refractivity contribution in [1.29, 1.82) is 0 Å². The molecule has 1 N–H and O–H groups in total. The fourth-order valence-electron chi connectivity index (χ4n) is 3.32. The summed E-state index contributed by atoms with van der Waals surface area (Å²) in [4.78, 5) is 16.6. The van der Waals surface area contributed by atoms with Crippen LogP contribution < -0.4 is 5.32 Å². The molecule has 0 aliphatic carbocycles. The number of benzene rings is 2. The largest absolute Gasteiger partial charge is 0.325 e. The van der Waals surface area contributed by atoms with Gasteiger partial charge >= 0.3 is 0 Å². The normalized spacial score (nSPS) is 10.8. The number of hydrogen-bond acceptors (Lipinski definition) is 5. The van der Waals surface area contributed by atoms with Crippen LogP contribution in [0.1, 0.15) is 25.0 Å². The first-order valence-corrected chi connectivity index (χ1v) is 11.6. The number of rotatable bonds is 8. The molecule has 2 aromatic carbocycles. The summed E-state index contributed by atoms with van der Waals surface area (Å²) in [5, 5.41) is 12.4. The topological polar surface area (TPSA) is 72.7 Å². The van der Waals surface area contributed by atoms with E-state index in [1.807, 2.05) is 41.0 Å². The maximum Gasteiger partial charge on any atom is 0.234 e. The zero-order chi connectivity index (χ0) is 22.3. The molecule has 2 aromatic heterocycles. The van der Waals surface area contributed by atoms with Crippen molar-refractivity contribution in [2.75, 3.05) is 11.1 Å². The van der Waals surface area contributed by atoms with E-state index in [2.05, 4.69) is 58.6 Å². The van der Waals surface area contributed by atoms with E-state index in [1.165, 1.54) is 22.9 Å². The maximum atomic E-state index is 12.6. The highest BCUT2D eigenvalue weighted by Gasteiger charge is 2.17. The average Bonchev–Trinajstić information content (AvgIpc) is 3.28. The first-order chi connectivity index (χ1) is 15.7. The Labute approximate surface area is 192 Å². The number of carbonyl (C=O) groups is 1. The third-order valence-corrected chi connectivity index (χ3v) is 6.08. The van der Waals surface area contributed by atoms with Crippen LogP contribution in [0.5, 0.6) is 0 Å². The summed E-state index contributed by atoms with van der Waals surface area (Å²) < 4.78 is 1.99. The smallest absolute Gasteiger partial charge is 0.234 e. The Hall–Kier alpha value is -3.45. The van der Waals surface area contributed by atoms with Gasteiger partial charge in [0.15, 0.2) is 11.0 Å². The molecule has 0 saturated heterocycles. The maximum absolute atomic E-state index is 12.6. The minimum Gasteiger partial charge on any atom is -0.325 e. The molecular weight excluding hydrogens is 418 g/mol. The molecule has 7 heteroatoms. The van der Waals surface area contributed by atoms with Crippen LogP contribution in [-0.4, -0.2) is 31.4 Å². The van der Waals surface area contributed by atoms with Gasteiger partial charge < -0.3 is 5.32 Å². The minimum absolute atomic E-state index is 0.0828. The van der Waals surface area contributed by atoms with Gasteiger partial charge in [-0.1, -0.05) is 49.9 Å². The van der Waals surface area contributed by atoms with Crippen molar-refractivity contribution in [3.05, 3.63) is 84.2 Å². The predicted molar refractivity (Wildman–Crippen MR) is 129 cm³/mol. The number of amides is 1. The van der Waals surface area contributed by atoms with Crippen LogP contribution in [0, 0.1) is 0 Å². The molecule has 2 heterocycles. The van der Waals surface area contributed by atoms with Crippen molar-refractivity contribution in [3.8, 4) is 17.1 Å².